The second kappa shape index (κ2) is 5.98. The summed E-state index contributed by atoms with van der Waals surface area (Å²) in [6.07, 6.45) is 2.19. The standard InChI is InChI=1S/C10H20N2O2/c1-3-14-7-10(13)12-9-5-4-8(2)11-6-9/h8-9,11H,3-7H2,1-2H3,(H,12,13). The van der Waals surface area contributed by atoms with Crippen LogP contribution in [-0.4, -0.2) is 37.7 Å². The lowest BCUT2D eigenvalue weighted by Gasteiger charge is -2.28. The van der Waals surface area contributed by atoms with E-state index in [1.165, 1.54) is 0 Å². The van der Waals surface area contributed by atoms with Gasteiger partial charge in [0.25, 0.3) is 0 Å². The van der Waals surface area contributed by atoms with Crippen LogP contribution in [0.1, 0.15) is 26.7 Å². The molecular weight excluding hydrogens is 180 g/mol. The molecule has 0 aromatic rings. The maximum Gasteiger partial charge on any atom is 0.246 e. The molecule has 2 unspecified atom stereocenters. The van der Waals surface area contributed by atoms with Crippen LogP contribution in [0.3, 0.4) is 0 Å². The average Bonchev–Trinajstić information content (AvgIpc) is 2.18. The summed E-state index contributed by atoms with van der Waals surface area (Å²) in [5.74, 6) is -0.00629. The lowest BCUT2D eigenvalue weighted by molar-refractivity contribution is -0.126. The molecule has 1 amide bonds. The number of nitrogens with one attached hydrogen (secondary N) is 2. The number of rotatable bonds is 4. The van der Waals surface area contributed by atoms with E-state index in [4.69, 9.17) is 4.74 Å². The lowest BCUT2D eigenvalue weighted by atomic mass is 10.0. The van der Waals surface area contributed by atoms with E-state index in [1.54, 1.807) is 0 Å². The highest BCUT2D eigenvalue weighted by molar-refractivity contribution is 5.77. The van der Waals surface area contributed by atoms with Gasteiger partial charge in [-0.3, -0.25) is 4.79 Å². The number of carbonyl (C=O) groups is 1. The third-order valence-electron chi connectivity index (χ3n) is 2.46. The summed E-state index contributed by atoms with van der Waals surface area (Å²) in [6.45, 7) is 5.70. The Labute approximate surface area is 85.4 Å². The van der Waals surface area contributed by atoms with Gasteiger partial charge in [-0.15, -0.1) is 0 Å². The summed E-state index contributed by atoms with van der Waals surface area (Å²) >= 11 is 0. The Morgan fingerprint density at radius 1 is 1.57 bits per heavy atom. The summed E-state index contributed by atoms with van der Waals surface area (Å²) < 4.78 is 5.03. The summed E-state index contributed by atoms with van der Waals surface area (Å²) in [6, 6.07) is 0.856. The third kappa shape index (κ3) is 4.07. The van der Waals surface area contributed by atoms with Gasteiger partial charge in [0.15, 0.2) is 0 Å². The average molecular weight is 200 g/mol. The molecule has 4 heteroatoms. The van der Waals surface area contributed by atoms with Gasteiger partial charge < -0.3 is 15.4 Å². The van der Waals surface area contributed by atoms with Crippen LogP contribution >= 0.6 is 0 Å². The molecule has 0 radical (unpaired) electrons. The van der Waals surface area contributed by atoms with Crippen molar-refractivity contribution in [2.24, 2.45) is 0 Å². The lowest BCUT2D eigenvalue weighted by Crippen LogP contribution is -2.49. The van der Waals surface area contributed by atoms with Gasteiger partial charge in [0.2, 0.25) is 5.91 Å². The zero-order valence-corrected chi connectivity index (χ0v) is 9.01. The molecule has 1 fully saturated rings. The molecule has 0 bridgehead atoms. The van der Waals surface area contributed by atoms with E-state index in [9.17, 15) is 4.79 Å². The smallest absolute Gasteiger partial charge is 0.246 e. The molecule has 2 atom stereocenters. The number of carbonyl (C=O) groups excluding carboxylic acids is 1. The molecule has 14 heavy (non-hydrogen) atoms. The van der Waals surface area contributed by atoms with Crippen LogP contribution in [0.5, 0.6) is 0 Å². The van der Waals surface area contributed by atoms with Crippen LogP contribution in [0.4, 0.5) is 0 Å². The number of hydrogen-bond acceptors (Lipinski definition) is 3. The van der Waals surface area contributed by atoms with E-state index in [-0.39, 0.29) is 18.6 Å². The molecular formula is C10H20N2O2. The fourth-order valence-corrected chi connectivity index (χ4v) is 1.59. The largest absolute Gasteiger partial charge is 0.372 e. The molecule has 0 saturated carbocycles. The highest BCUT2D eigenvalue weighted by Crippen LogP contribution is 2.06. The number of amides is 1. The normalized spacial score (nSPS) is 27.3. The molecule has 1 aliphatic heterocycles. The van der Waals surface area contributed by atoms with Gasteiger partial charge in [0, 0.05) is 25.2 Å². The minimum Gasteiger partial charge on any atom is -0.372 e. The fraction of sp³-hybridized carbons (Fsp3) is 0.900. The Bertz CT molecular complexity index is 177. The number of piperidine rings is 1. The fourth-order valence-electron chi connectivity index (χ4n) is 1.59. The first-order chi connectivity index (χ1) is 6.72. The van der Waals surface area contributed by atoms with Gasteiger partial charge in [-0.25, -0.2) is 0 Å². The molecule has 1 heterocycles. The second-order valence-electron chi connectivity index (χ2n) is 3.79. The first kappa shape index (κ1) is 11.5. The minimum absolute atomic E-state index is 0.00629. The Balaban J connectivity index is 2.14. The number of hydrogen-bond donors (Lipinski definition) is 2. The van der Waals surface area contributed by atoms with Crippen LogP contribution < -0.4 is 10.6 Å². The Morgan fingerprint density at radius 2 is 2.36 bits per heavy atom. The zero-order chi connectivity index (χ0) is 10.4. The molecule has 82 valence electrons. The van der Waals surface area contributed by atoms with Crippen molar-refractivity contribution in [3.63, 3.8) is 0 Å². The van der Waals surface area contributed by atoms with Crippen molar-refractivity contribution in [3.05, 3.63) is 0 Å². The molecule has 1 aliphatic rings. The Morgan fingerprint density at radius 3 is 2.93 bits per heavy atom. The quantitative estimate of drug-likeness (QED) is 0.685. The van der Waals surface area contributed by atoms with Crippen molar-refractivity contribution in [3.8, 4) is 0 Å². The Hall–Kier alpha value is -0.610. The second-order valence-corrected chi connectivity index (χ2v) is 3.79. The zero-order valence-electron chi connectivity index (χ0n) is 9.01. The predicted octanol–water partition coefficient (Wildman–Crippen LogP) is 0.280. The summed E-state index contributed by atoms with van der Waals surface area (Å²) in [7, 11) is 0. The molecule has 2 N–H and O–H groups in total. The highest BCUT2D eigenvalue weighted by Gasteiger charge is 2.18. The molecule has 0 aromatic heterocycles. The summed E-state index contributed by atoms with van der Waals surface area (Å²) in [5.41, 5.74) is 0. The van der Waals surface area contributed by atoms with Crippen LogP contribution in [0.2, 0.25) is 0 Å². The van der Waals surface area contributed by atoms with E-state index in [0.29, 0.717) is 12.6 Å². The van der Waals surface area contributed by atoms with E-state index >= 15 is 0 Å². The van der Waals surface area contributed by atoms with Crippen molar-refractivity contribution < 1.29 is 9.53 Å². The Kier molecular flexibility index (Phi) is 4.90. The van der Waals surface area contributed by atoms with Gasteiger partial charge in [-0.2, -0.15) is 0 Å². The van der Waals surface area contributed by atoms with Crippen LogP contribution in [0, 0.1) is 0 Å². The molecule has 1 rings (SSSR count). The SMILES string of the molecule is CCOCC(=O)NC1CCC(C)NC1. The molecule has 0 aromatic carbocycles. The minimum atomic E-state index is -0.00629. The van der Waals surface area contributed by atoms with Crippen LogP contribution in [0.15, 0.2) is 0 Å². The van der Waals surface area contributed by atoms with Crippen LogP contribution in [-0.2, 0) is 9.53 Å². The van der Waals surface area contributed by atoms with E-state index in [1.807, 2.05) is 6.92 Å². The molecule has 4 nitrogen and oxygen atoms in total. The van der Waals surface area contributed by atoms with E-state index < -0.39 is 0 Å². The van der Waals surface area contributed by atoms with Gasteiger partial charge in [-0.05, 0) is 26.7 Å². The van der Waals surface area contributed by atoms with Gasteiger partial charge in [0.05, 0.1) is 0 Å². The summed E-state index contributed by atoms with van der Waals surface area (Å²) in [4.78, 5) is 11.3. The topological polar surface area (TPSA) is 50.4 Å². The van der Waals surface area contributed by atoms with E-state index in [0.717, 1.165) is 19.4 Å². The molecule has 0 spiro atoms. The van der Waals surface area contributed by atoms with Crippen molar-refractivity contribution in [2.45, 2.75) is 38.8 Å². The highest BCUT2D eigenvalue weighted by atomic mass is 16.5. The molecule has 0 aliphatic carbocycles. The first-order valence-electron chi connectivity index (χ1n) is 5.33. The third-order valence-corrected chi connectivity index (χ3v) is 2.46. The summed E-state index contributed by atoms with van der Waals surface area (Å²) in [5, 5.41) is 6.29. The monoisotopic (exact) mass is 200 g/mol. The van der Waals surface area contributed by atoms with Gasteiger partial charge >= 0.3 is 0 Å². The van der Waals surface area contributed by atoms with Gasteiger partial charge in [0.1, 0.15) is 6.61 Å². The van der Waals surface area contributed by atoms with Crippen molar-refractivity contribution in [2.75, 3.05) is 19.8 Å². The van der Waals surface area contributed by atoms with Crippen molar-refractivity contribution in [1.82, 2.24) is 10.6 Å². The van der Waals surface area contributed by atoms with Crippen molar-refractivity contribution in [1.29, 1.82) is 0 Å². The maximum absolute atomic E-state index is 11.3. The van der Waals surface area contributed by atoms with Gasteiger partial charge in [-0.1, -0.05) is 0 Å². The van der Waals surface area contributed by atoms with Crippen molar-refractivity contribution >= 4 is 5.91 Å². The maximum atomic E-state index is 11.3. The first-order valence-corrected chi connectivity index (χ1v) is 5.33. The van der Waals surface area contributed by atoms with E-state index in [2.05, 4.69) is 17.6 Å². The molecule has 1 saturated heterocycles. The predicted molar refractivity (Wildman–Crippen MR) is 55.1 cm³/mol. The van der Waals surface area contributed by atoms with Crippen LogP contribution in [0.25, 0.3) is 0 Å². The number of ether oxygens (including phenoxy) is 1.